The maximum atomic E-state index is 5.25. The fourth-order valence-electron chi connectivity index (χ4n) is 1.70. The summed E-state index contributed by atoms with van der Waals surface area (Å²) < 4.78 is 0. The van der Waals surface area contributed by atoms with E-state index in [1.54, 1.807) is 6.21 Å². The molecule has 2 rings (SSSR count). The van der Waals surface area contributed by atoms with E-state index in [4.69, 9.17) is 4.84 Å². The summed E-state index contributed by atoms with van der Waals surface area (Å²) >= 11 is 0. The second-order valence-electron chi connectivity index (χ2n) is 4.83. The van der Waals surface area contributed by atoms with Crippen molar-refractivity contribution in [2.75, 3.05) is 0 Å². The summed E-state index contributed by atoms with van der Waals surface area (Å²) in [5, 5.41) is 3.92. The Morgan fingerprint density at radius 1 is 0.947 bits per heavy atom. The van der Waals surface area contributed by atoms with Gasteiger partial charge in [0.15, 0.2) is 0 Å². The van der Waals surface area contributed by atoms with Crippen LogP contribution < -0.4 is 0 Å². The molecule has 0 saturated carbocycles. The van der Waals surface area contributed by atoms with Gasteiger partial charge in [-0.25, -0.2) is 0 Å². The standard InChI is InChI=1S/C17H19NO/c1-14(2)12-18-19-13-15-8-10-17(11-9-15)16-6-4-3-5-7-16/h3-12,14H,13H2,1-2H3. The number of hydrogen-bond donors (Lipinski definition) is 0. The summed E-state index contributed by atoms with van der Waals surface area (Å²) in [6, 6.07) is 18.7. The summed E-state index contributed by atoms with van der Waals surface area (Å²) in [6.07, 6.45) is 1.80. The molecule has 98 valence electrons. The molecule has 0 radical (unpaired) electrons. The van der Waals surface area contributed by atoms with Gasteiger partial charge in [-0.2, -0.15) is 0 Å². The lowest BCUT2D eigenvalue weighted by Crippen LogP contribution is -1.91. The Bertz CT molecular complexity index is 515. The van der Waals surface area contributed by atoms with Crippen LogP contribution in [0.4, 0.5) is 0 Å². The van der Waals surface area contributed by atoms with Crippen molar-refractivity contribution < 1.29 is 4.84 Å². The van der Waals surface area contributed by atoms with Crippen molar-refractivity contribution >= 4 is 6.21 Å². The molecule has 0 unspecified atom stereocenters. The van der Waals surface area contributed by atoms with Crippen LogP contribution >= 0.6 is 0 Å². The van der Waals surface area contributed by atoms with Crippen molar-refractivity contribution in [2.45, 2.75) is 20.5 Å². The third kappa shape index (κ3) is 4.25. The van der Waals surface area contributed by atoms with Crippen molar-refractivity contribution in [3.05, 3.63) is 60.2 Å². The Kier molecular flexibility index (Phi) is 4.73. The molecule has 0 aliphatic carbocycles. The van der Waals surface area contributed by atoms with Crippen molar-refractivity contribution in [1.82, 2.24) is 0 Å². The monoisotopic (exact) mass is 253 g/mol. The molecule has 0 spiro atoms. The molecule has 0 amide bonds. The molecule has 0 bridgehead atoms. The Morgan fingerprint density at radius 2 is 1.58 bits per heavy atom. The highest BCUT2D eigenvalue weighted by molar-refractivity contribution is 5.63. The van der Waals surface area contributed by atoms with Crippen molar-refractivity contribution in [1.29, 1.82) is 0 Å². The minimum Gasteiger partial charge on any atom is -0.391 e. The van der Waals surface area contributed by atoms with Crippen molar-refractivity contribution in [2.24, 2.45) is 11.1 Å². The molecule has 0 aliphatic rings. The maximum Gasteiger partial charge on any atom is 0.142 e. The van der Waals surface area contributed by atoms with Crippen molar-refractivity contribution in [3.63, 3.8) is 0 Å². The lowest BCUT2D eigenvalue weighted by atomic mass is 10.0. The zero-order chi connectivity index (χ0) is 13.5. The van der Waals surface area contributed by atoms with Crippen LogP contribution in [-0.2, 0) is 11.4 Å². The van der Waals surface area contributed by atoms with Gasteiger partial charge in [0.1, 0.15) is 6.61 Å². The SMILES string of the molecule is CC(C)C=NOCc1ccc(-c2ccccc2)cc1. The number of hydrogen-bond acceptors (Lipinski definition) is 2. The fraction of sp³-hybridized carbons (Fsp3) is 0.235. The van der Waals surface area contributed by atoms with Crippen LogP contribution in [-0.4, -0.2) is 6.21 Å². The van der Waals surface area contributed by atoms with Gasteiger partial charge in [-0.15, -0.1) is 0 Å². The molecule has 2 aromatic rings. The average Bonchev–Trinajstić information content (AvgIpc) is 2.45. The fourth-order valence-corrected chi connectivity index (χ4v) is 1.70. The molecule has 2 nitrogen and oxygen atoms in total. The van der Waals surface area contributed by atoms with E-state index in [9.17, 15) is 0 Å². The molecular weight excluding hydrogens is 234 g/mol. The molecule has 0 aliphatic heterocycles. The summed E-state index contributed by atoms with van der Waals surface area (Å²) in [4.78, 5) is 5.25. The lowest BCUT2D eigenvalue weighted by molar-refractivity contribution is 0.131. The molecule has 0 fully saturated rings. The first-order chi connectivity index (χ1) is 9.25. The molecule has 0 aromatic heterocycles. The summed E-state index contributed by atoms with van der Waals surface area (Å²) in [5.74, 6) is 0.417. The summed E-state index contributed by atoms with van der Waals surface area (Å²) in [7, 11) is 0. The number of benzene rings is 2. The van der Waals surface area contributed by atoms with E-state index in [0.29, 0.717) is 12.5 Å². The Hall–Kier alpha value is -2.09. The van der Waals surface area contributed by atoms with E-state index in [1.165, 1.54) is 11.1 Å². The Labute approximate surface area is 114 Å². The second kappa shape index (κ2) is 6.74. The van der Waals surface area contributed by atoms with Crippen LogP contribution in [0.25, 0.3) is 11.1 Å². The average molecular weight is 253 g/mol. The van der Waals surface area contributed by atoms with Crippen molar-refractivity contribution in [3.8, 4) is 11.1 Å². The largest absolute Gasteiger partial charge is 0.391 e. The van der Waals surface area contributed by atoms with E-state index in [1.807, 2.05) is 18.2 Å². The first-order valence-electron chi connectivity index (χ1n) is 6.55. The highest BCUT2D eigenvalue weighted by Gasteiger charge is 1.97. The highest BCUT2D eigenvalue weighted by atomic mass is 16.6. The molecule has 0 N–H and O–H groups in total. The van der Waals surface area contributed by atoms with Gasteiger partial charge < -0.3 is 4.84 Å². The number of oxime groups is 1. The van der Waals surface area contributed by atoms with E-state index in [-0.39, 0.29) is 0 Å². The first-order valence-corrected chi connectivity index (χ1v) is 6.55. The third-order valence-corrected chi connectivity index (χ3v) is 2.73. The zero-order valence-corrected chi connectivity index (χ0v) is 11.4. The minimum absolute atomic E-state index is 0.417. The van der Waals surface area contributed by atoms with Gasteiger partial charge >= 0.3 is 0 Å². The molecule has 19 heavy (non-hydrogen) atoms. The molecule has 0 heterocycles. The van der Waals surface area contributed by atoms with Gasteiger partial charge in [0.2, 0.25) is 0 Å². The van der Waals surface area contributed by atoms with Gasteiger partial charge in [0.05, 0.1) is 0 Å². The maximum absolute atomic E-state index is 5.25. The summed E-state index contributed by atoms with van der Waals surface area (Å²) in [5.41, 5.74) is 3.57. The zero-order valence-electron chi connectivity index (χ0n) is 11.4. The van der Waals surface area contributed by atoms with Crippen LogP contribution in [0.5, 0.6) is 0 Å². The molecule has 0 atom stereocenters. The first kappa shape index (κ1) is 13.3. The quantitative estimate of drug-likeness (QED) is 0.567. The molecule has 2 heteroatoms. The van der Waals surface area contributed by atoms with Gasteiger partial charge in [-0.1, -0.05) is 73.6 Å². The van der Waals surface area contributed by atoms with Crippen LogP contribution in [0, 0.1) is 5.92 Å². The van der Waals surface area contributed by atoms with Crippen LogP contribution in [0.1, 0.15) is 19.4 Å². The number of nitrogens with zero attached hydrogens (tertiary/aromatic N) is 1. The van der Waals surface area contributed by atoms with Gasteiger partial charge in [0.25, 0.3) is 0 Å². The lowest BCUT2D eigenvalue weighted by Gasteiger charge is -2.04. The predicted octanol–water partition coefficient (Wildman–Crippen LogP) is 4.51. The van der Waals surface area contributed by atoms with Crippen LogP contribution in [0.3, 0.4) is 0 Å². The van der Waals surface area contributed by atoms with E-state index in [2.05, 4.69) is 55.4 Å². The minimum atomic E-state index is 0.417. The number of rotatable bonds is 5. The van der Waals surface area contributed by atoms with Gasteiger partial charge in [0, 0.05) is 6.21 Å². The highest BCUT2D eigenvalue weighted by Crippen LogP contribution is 2.19. The van der Waals surface area contributed by atoms with Gasteiger partial charge in [-0.3, -0.25) is 0 Å². The normalized spacial score (nSPS) is 11.1. The van der Waals surface area contributed by atoms with Crippen LogP contribution in [0.15, 0.2) is 59.8 Å². The molecule has 0 saturated heterocycles. The van der Waals surface area contributed by atoms with E-state index < -0.39 is 0 Å². The van der Waals surface area contributed by atoms with E-state index >= 15 is 0 Å². The Morgan fingerprint density at radius 3 is 2.21 bits per heavy atom. The van der Waals surface area contributed by atoms with Crippen LogP contribution in [0.2, 0.25) is 0 Å². The second-order valence-corrected chi connectivity index (χ2v) is 4.83. The third-order valence-electron chi connectivity index (χ3n) is 2.73. The summed E-state index contributed by atoms with van der Waals surface area (Å²) in [6.45, 7) is 4.65. The molecule has 2 aromatic carbocycles. The smallest absolute Gasteiger partial charge is 0.142 e. The molecular formula is C17H19NO. The topological polar surface area (TPSA) is 21.6 Å². The van der Waals surface area contributed by atoms with Gasteiger partial charge in [-0.05, 0) is 22.6 Å². The predicted molar refractivity (Wildman–Crippen MR) is 80.0 cm³/mol. The Balaban J connectivity index is 1.95. The van der Waals surface area contributed by atoms with E-state index in [0.717, 1.165) is 5.56 Å².